The summed E-state index contributed by atoms with van der Waals surface area (Å²) >= 11 is 0. The summed E-state index contributed by atoms with van der Waals surface area (Å²) in [7, 11) is 3.47. The molecule has 0 spiro atoms. The maximum absolute atomic E-state index is 5.31. The zero-order chi connectivity index (χ0) is 13.2. The molecule has 1 aliphatic heterocycles. The van der Waals surface area contributed by atoms with Gasteiger partial charge in [-0.25, -0.2) is 0 Å². The first-order valence-electron chi connectivity index (χ1n) is 6.39. The van der Waals surface area contributed by atoms with E-state index in [2.05, 4.69) is 32.9 Å². The first kappa shape index (κ1) is 12.1. The predicted octanol–water partition coefficient (Wildman–Crippen LogP) is 0.648. The molecule has 2 heterocycles. The molecule has 0 saturated heterocycles. The van der Waals surface area contributed by atoms with Crippen molar-refractivity contribution in [2.24, 2.45) is 7.05 Å². The number of ether oxygens (including phenoxy) is 1. The van der Waals surface area contributed by atoms with Gasteiger partial charge in [0.05, 0.1) is 14.2 Å². The highest BCUT2D eigenvalue weighted by Crippen LogP contribution is 2.28. The largest absolute Gasteiger partial charge is 0.497 e. The number of tetrazole rings is 1. The molecule has 0 amide bonds. The number of hydrogen-bond donors (Lipinski definition) is 1. The fraction of sp³-hybridized carbons (Fsp3) is 0.462. The van der Waals surface area contributed by atoms with Gasteiger partial charge in [0.2, 0.25) is 0 Å². The van der Waals surface area contributed by atoms with Crippen LogP contribution in [0.4, 0.5) is 0 Å². The third kappa shape index (κ3) is 2.44. The second-order valence-electron chi connectivity index (χ2n) is 4.72. The number of nitrogens with zero attached hydrogens (tertiary/aromatic N) is 4. The van der Waals surface area contributed by atoms with E-state index in [1.165, 1.54) is 15.9 Å². The third-order valence-corrected chi connectivity index (χ3v) is 3.45. The summed E-state index contributed by atoms with van der Waals surface area (Å²) < 4.78 is 5.31. The number of benzene rings is 1. The van der Waals surface area contributed by atoms with Gasteiger partial charge in [0.1, 0.15) is 5.75 Å². The van der Waals surface area contributed by atoms with E-state index in [0.29, 0.717) is 0 Å². The summed E-state index contributed by atoms with van der Waals surface area (Å²) in [6.07, 6.45) is 1.79. The maximum atomic E-state index is 5.31. The van der Waals surface area contributed by atoms with E-state index < -0.39 is 0 Å². The summed E-state index contributed by atoms with van der Waals surface area (Å²) in [6, 6.07) is 6.49. The van der Waals surface area contributed by atoms with Crippen LogP contribution in [0.3, 0.4) is 0 Å². The van der Waals surface area contributed by atoms with Crippen LogP contribution in [0.5, 0.6) is 5.75 Å². The predicted molar refractivity (Wildman–Crippen MR) is 69.9 cm³/mol. The third-order valence-electron chi connectivity index (χ3n) is 3.45. The molecule has 0 aliphatic carbocycles. The first-order chi connectivity index (χ1) is 9.26. The highest BCUT2D eigenvalue weighted by Gasteiger charge is 2.22. The molecule has 0 bridgehead atoms. The van der Waals surface area contributed by atoms with Crippen molar-refractivity contribution in [1.29, 1.82) is 0 Å². The van der Waals surface area contributed by atoms with Crippen LogP contribution in [0.25, 0.3) is 0 Å². The number of aryl methyl sites for hydroxylation is 1. The second kappa shape index (κ2) is 4.97. The van der Waals surface area contributed by atoms with Crippen LogP contribution in [0, 0.1) is 0 Å². The minimum Gasteiger partial charge on any atom is -0.497 e. The van der Waals surface area contributed by atoms with Gasteiger partial charge in [-0.3, -0.25) is 0 Å². The van der Waals surface area contributed by atoms with Crippen LogP contribution in [-0.4, -0.2) is 33.9 Å². The Balaban J connectivity index is 1.88. The van der Waals surface area contributed by atoms with Crippen LogP contribution < -0.4 is 10.1 Å². The number of rotatable bonds is 3. The molecule has 6 nitrogen and oxygen atoms in total. The Morgan fingerprint density at radius 2 is 2.37 bits per heavy atom. The lowest BCUT2D eigenvalue weighted by atomic mass is 9.92. The fourth-order valence-corrected chi connectivity index (χ4v) is 2.51. The van der Waals surface area contributed by atoms with E-state index in [1.54, 1.807) is 14.2 Å². The summed E-state index contributed by atoms with van der Waals surface area (Å²) in [6.45, 7) is 0.976. The summed E-state index contributed by atoms with van der Waals surface area (Å²) in [4.78, 5) is 1.49. The summed E-state index contributed by atoms with van der Waals surface area (Å²) in [5, 5.41) is 15.7. The number of fused-ring (bicyclic) bond motifs is 1. The van der Waals surface area contributed by atoms with Crippen molar-refractivity contribution in [3.63, 3.8) is 0 Å². The standard InChI is InChI=1S/C13H17N5O/c1-18-16-13(15-17-18)8-12-11-7-10(19-2)4-3-9(11)5-6-14-12/h3-4,7,12,14H,5-6,8H2,1-2H3. The number of nitrogens with one attached hydrogen (secondary N) is 1. The van der Waals surface area contributed by atoms with Crippen molar-refractivity contribution in [2.45, 2.75) is 18.9 Å². The quantitative estimate of drug-likeness (QED) is 0.876. The van der Waals surface area contributed by atoms with Crippen LogP contribution >= 0.6 is 0 Å². The Hall–Kier alpha value is -1.95. The monoisotopic (exact) mass is 259 g/mol. The lowest BCUT2D eigenvalue weighted by Crippen LogP contribution is -2.31. The molecule has 100 valence electrons. The average Bonchev–Trinajstić information content (AvgIpc) is 2.84. The van der Waals surface area contributed by atoms with Gasteiger partial charge >= 0.3 is 0 Å². The van der Waals surface area contributed by atoms with Crippen LogP contribution in [0.15, 0.2) is 18.2 Å². The number of methoxy groups -OCH3 is 1. The number of aromatic nitrogens is 4. The van der Waals surface area contributed by atoms with Crippen molar-refractivity contribution >= 4 is 0 Å². The molecule has 3 rings (SSSR count). The maximum Gasteiger partial charge on any atom is 0.176 e. The van der Waals surface area contributed by atoms with Gasteiger partial charge < -0.3 is 10.1 Å². The fourth-order valence-electron chi connectivity index (χ4n) is 2.51. The first-order valence-corrected chi connectivity index (χ1v) is 6.39. The van der Waals surface area contributed by atoms with Crippen molar-refractivity contribution in [1.82, 2.24) is 25.5 Å². The molecule has 0 fully saturated rings. The molecule has 6 heteroatoms. The molecule has 2 aromatic rings. The molecule has 19 heavy (non-hydrogen) atoms. The van der Waals surface area contributed by atoms with E-state index >= 15 is 0 Å². The highest BCUT2D eigenvalue weighted by atomic mass is 16.5. The van der Waals surface area contributed by atoms with E-state index in [4.69, 9.17) is 4.74 Å². The van der Waals surface area contributed by atoms with Crippen LogP contribution in [-0.2, 0) is 19.9 Å². The molecule has 1 N–H and O–H groups in total. The topological polar surface area (TPSA) is 64.9 Å². The number of hydrogen-bond acceptors (Lipinski definition) is 5. The zero-order valence-electron chi connectivity index (χ0n) is 11.1. The van der Waals surface area contributed by atoms with Crippen LogP contribution in [0.1, 0.15) is 23.0 Å². The van der Waals surface area contributed by atoms with E-state index in [9.17, 15) is 0 Å². The highest BCUT2D eigenvalue weighted by molar-refractivity contribution is 5.39. The average molecular weight is 259 g/mol. The Kier molecular flexibility index (Phi) is 3.16. The molecular formula is C13H17N5O. The van der Waals surface area contributed by atoms with Crippen molar-refractivity contribution in [3.05, 3.63) is 35.2 Å². The Morgan fingerprint density at radius 1 is 1.47 bits per heavy atom. The zero-order valence-corrected chi connectivity index (χ0v) is 11.1. The van der Waals surface area contributed by atoms with Gasteiger partial charge in [-0.15, -0.1) is 10.2 Å². The van der Waals surface area contributed by atoms with Gasteiger partial charge in [0.25, 0.3) is 0 Å². The lowest BCUT2D eigenvalue weighted by molar-refractivity contribution is 0.410. The normalized spacial score (nSPS) is 18.1. The molecular weight excluding hydrogens is 242 g/mol. The van der Waals surface area contributed by atoms with Gasteiger partial charge in [0.15, 0.2) is 5.82 Å². The molecule has 1 atom stereocenters. The Morgan fingerprint density at radius 3 is 3.11 bits per heavy atom. The molecule has 1 aromatic heterocycles. The van der Waals surface area contributed by atoms with Gasteiger partial charge in [-0.05, 0) is 41.4 Å². The summed E-state index contributed by atoms with van der Waals surface area (Å²) in [5.41, 5.74) is 2.64. The summed E-state index contributed by atoms with van der Waals surface area (Å²) in [5.74, 6) is 1.65. The molecule has 0 radical (unpaired) electrons. The SMILES string of the molecule is COc1ccc2c(c1)C(Cc1nnn(C)n1)NCC2. The molecule has 0 saturated carbocycles. The Bertz CT molecular complexity index is 580. The van der Waals surface area contributed by atoms with Crippen molar-refractivity contribution in [2.75, 3.05) is 13.7 Å². The minimum atomic E-state index is 0.225. The van der Waals surface area contributed by atoms with Gasteiger partial charge in [-0.2, -0.15) is 4.80 Å². The van der Waals surface area contributed by atoms with E-state index in [0.717, 1.165) is 31.0 Å². The molecule has 1 unspecified atom stereocenters. The molecule has 1 aromatic carbocycles. The Labute approximate surface area is 111 Å². The van der Waals surface area contributed by atoms with Gasteiger partial charge in [0, 0.05) is 12.5 Å². The minimum absolute atomic E-state index is 0.225. The van der Waals surface area contributed by atoms with Gasteiger partial charge in [-0.1, -0.05) is 6.07 Å². The van der Waals surface area contributed by atoms with E-state index in [1.807, 2.05) is 6.07 Å². The molecule has 1 aliphatic rings. The van der Waals surface area contributed by atoms with Crippen molar-refractivity contribution in [3.8, 4) is 5.75 Å². The van der Waals surface area contributed by atoms with Crippen LogP contribution in [0.2, 0.25) is 0 Å². The lowest BCUT2D eigenvalue weighted by Gasteiger charge is -2.26. The smallest absolute Gasteiger partial charge is 0.176 e. The second-order valence-corrected chi connectivity index (χ2v) is 4.72. The van der Waals surface area contributed by atoms with Crippen molar-refractivity contribution < 1.29 is 4.74 Å². The van der Waals surface area contributed by atoms with E-state index in [-0.39, 0.29) is 6.04 Å².